The summed E-state index contributed by atoms with van der Waals surface area (Å²) in [6.45, 7) is 4.38. The molecule has 0 atom stereocenters. The zero-order chi connectivity index (χ0) is 31.6. The lowest BCUT2D eigenvalue weighted by molar-refractivity contribution is -0.147. The molecule has 2 aromatic rings. The van der Waals surface area contributed by atoms with Crippen molar-refractivity contribution in [2.24, 2.45) is 5.92 Å². The lowest BCUT2D eigenvalue weighted by atomic mass is 9.77. The zero-order valence-corrected chi connectivity index (χ0v) is 23.5. The fraction of sp³-hybridized carbons (Fsp3) is 0.419. The second kappa shape index (κ2) is 15.5. The van der Waals surface area contributed by atoms with Gasteiger partial charge in [0, 0.05) is 6.42 Å². The minimum atomic E-state index is -4.17. The summed E-state index contributed by atoms with van der Waals surface area (Å²) in [5, 5.41) is 18.0. The van der Waals surface area contributed by atoms with Crippen molar-refractivity contribution in [2.45, 2.75) is 50.6 Å². The smallest absolute Gasteiger partial charge is 0.389 e. The Kier molecular flexibility index (Phi) is 12.1. The summed E-state index contributed by atoms with van der Waals surface area (Å²) in [6, 6.07) is 9.34. The van der Waals surface area contributed by atoms with Crippen LogP contribution in [0, 0.1) is 11.7 Å². The highest BCUT2D eigenvalue weighted by Gasteiger charge is 2.31. The van der Waals surface area contributed by atoms with Gasteiger partial charge in [0.1, 0.15) is 5.82 Å². The summed E-state index contributed by atoms with van der Waals surface area (Å²) in [5.41, 5.74) is 1.16. The fourth-order valence-electron chi connectivity index (χ4n) is 4.71. The fourth-order valence-corrected chi connectivity index (χ4v) is 4.71. The Bertz CT molecular complexity index is 1300. The van der Waals surface area contributed by atoms with Crippen LogP contribution in [0.2, 0.25) is 0 Å². The van der Waals surface area contributed by atoms with Crippen molar-refractivity contribution in [3.8, 4) is 22.6 Å². The number of carbonyl (C=O) groups is 2. The Balaban J connectivity index is 1.72. The molecule has 0 aliphatic heterocycles. The highest BCUT2D eigenvalue weighted by atomic mass is 19.4. The maximum Gasteiger partial charge on any atom is 0.389 e. The van der Waals surface area contributed by atoms with E-state index in [0.717, 1.165) is 0 Å². The minimum absolute atomic E-state index is 0.0163. The second-order valence-corrected chi connectivity index (χ2v) is 10.2. The Labute approximate surface area is 246 Å². The molecule has 0 saturated heterocycles. The van der Waals surface area contributed by atoms with Crippen LogP contribution in [0.25, 0.3) is 11.1 Å². The lowest BCUT2D eigenvalue weighted by Crippen LogP contribution is -2.17. The van der Waals surface area contributed by atoms with E-state index in [-0.39, 0.29) is 40.9 Å². The van der Waals surface area contributed by atoms with Gasteiger partial charge in [-0.3, -0.25) is 0 Å². The number of halogens is 4. The standard InChI is InChI=1S/C31H34F4O8/c1-19(15-36)29(38)42-17-40-27-10-8-24(14-28(27)41-18-43-30(39)20(2)16-37)23-7-9-25(26(32)13-23)22-5-3-21(4-6-22)11-12-31(33,34)35/h7-10,13-14,21-22,36-37H,1-6,11-12,15-18H2. The van der Waals surface area contributed by atoms with Gasteiger partial charge in [-0.05, 0) is 78.8 Å². The maximum atomic E-state index is 15.3. The van der Waals surface area contributed by atoms with Gasteiger partial charge in [0.25, 0.3) is 0 Å². The molecule has 234 valence electrons. The molecule has 0 heterocycles. The van der Waals surface area contributed by atoms with Crippen LogP contribution in [0.5, 0.6) is 11.5 Å². The van der Waals surface area contributed by atoms with Crippen molar-refractivity contribution in [3.05, 3.63) is 72.1 Å². The molecule has 1 fully saturated rings. The van der Waals surface area contributed by atoms with Gasteiger partial charge in [-0.2, -0.15) is 13.2 Å². The summed E-state index contributed by atoms with van der Waals surface area (Å²) in [6.07, 6.45) is -2.42. The van der Waals surface area contributed by atoms with Crippen LogP contribution in [0.15, 0.2) is 60.7 Å². The number of rotatable bonds is 14. The number of benzene rings is 2. The van der Waals surface area contributed by atoms with Crippen molar-refractivity contribution in [1.29, 1.82) is 0 Å². The van der Waals surface area contributed by atoms with Crippen LogP contribution in [-0.2, 0) is 19.1 Å². The van der Waals surface area contributed by atoms with E-state index in [1.165, 1.54) is 18.2 Å². The van der Waals surface area contributed by atoms with E-state index in [2.05, 4.69) is 13.2 Å². The SMILES string of the molecule is C=C(CO)C(=O)OCOc1ccc(-c2ccc(C3CCC(CCC(F)(F)F)CC3)c(F)c2)cc1OCOC(=O)C(=C)CO. The molecule has 0 radical (unpaired) electrons. The van der Waals surface area contributed by atoms with Crippen molar-refractivity contribution in [3.63, 3.8) is 0 Å². The largest absolute Gasteiger partial charge is 0.453 e. The molecule has 1 saturated carbocycles. The Morgan fingerprint density at radius 1 is 0.814 bits per heavy atom. The first-order valence-corrected chi connectivity index (χ1v) is 13.6. The molecule has 12 heteroatoms. The summed E-state index contributed by atoms with van der Waals surface area (Å²) in [5.74, 6) is -2.16. The van der Waals surface area contributed by atoms with Gasteiger partial charge < -0.3 is 29.2 Å². The summed E-state index contributed by atoms with van der Waals surface area (Å²) in [7, 11) is 0. The minimum Gasteiger partial charge on any atom is -0.453 e. The first kappa shape index (κ1) is 33.6. The molecule has 0 bridgehead atoms. The average Bonchev–Trinajstić information content (AvgIpc) is 2.99. The third-order valence-corrected chi connectivity index (χ3v) is 7.17. The topological polar surface area (TPSA) is 112 Å². The molecule has 2 aromatic carbocycles. The first-order valence-electron chi connectivity index (χ1n) is 13.6. The van der Waals surface area contributed by atoms with E-state index in [9.17, 15) is 22.8 Å². The van der Waals surface area contributed by atoms with Crippen molar-refractivity contribution in [2.75, 3.05) is 26.8 Å². The molecule has 43 heavy (non-hydrogen) atoms. The number of hydrogen-bond acceptors (Lipinski definition) is 8. The van der Waals surface area contributed by atoms with E-state index in [4.69, 9.17) is 29.2 Å². The third kappa shape index (κ3) is 10.1. The van der Waals surface area contributed by atoms with E-state index < -0.39 is 57.2 Å². The third-order valence-electron chi connectivity index (χ3n) is 7.17. The van der Waals surface area contributed by atoms with E-state index in [0.29, 0.717) is 42.4 Å². The number of esters is 2. The van der Waals surface area contributed by atoms with Gasteiger partial charge in [0.15, 0.2) is 11.5 Å². The zero-order valence-electron chi connectivity index (χ0n) is 23.5. The van der Waals surface area contributed by atoms with Gasteiger partial charge in [-0.1, -0.05) is 31.4 Å². The highest BCUT2D eigenvalue weighted by molar-refractivity contribution is 5.88. The van der Waals surface area contributed by atoms with Crippen LogP contribution in [0.3, 0.4) is 0 Å². The van der Waals surface area contributed by atoms with Crippen molar-refractivity contribution >= 4 is 11.9 Å². The predicted molar refractivity (Wildman–Crippen MR) is 147 cm³/mol. The van der Waals surface area contributed by atoms with E-state index in [1.54, 1.807) is 18.2 Å². The van der Waals surface area contributed by atoms with Crippen molar-refractivity contribution < 1.29 is 56.3 Å². The number of alkyl halides is 3. The molecular weight excluding hydrogens is 576 g/mol. The number of aliphatic hydroxyl groups is 2. The molecule has 1 aliphatic rings. The highest BCUT2D eigenvalue weighted by Crippen LogP contribution is 2.41. The van der Waals surface area contributed by atoms with Crippen LogP contribution in [-0.4, -0.2) is 55.1 Å². The number of aliphatic hydroxyl groups excluding tert-OH is 2. The maximum absolute atomic E-state index is 15.3. The predicted octanol–water partition coefficient (Wildman–Crippen LogP) is 5.97. The molecule has 0 amide bonds. The molecule has 8 nitrogen and oxygen atoms in total. The second-order valence-electron chi connectivity index (χ2n) is 10.2. The number of ether oxygens (including phenoxy) is 4. The number of carbonyl (C=O) groups excluding carboxylic acids is 2. The molecule has 1 aliphatic carbocycles. The van der Waals surface area contributed by atoms with Gasteiger partial charge >= 0.3 is 18.1 Å². The molecule has 0 aromatic heterocycles. The average molecular weight is 611 g/mol. The summed E-state index contributed by atoms with van der Waals surface area (Å²) < 4.78 is 73.8. The first-order chi connectivity index (χ1) is 20.4. The molecule has 2 N–H and O–H groups in total. The van der Waals surface area contributed by atoms with Crippen LogP contribution >= 0.6 is 0 Å². The lowest BCUT2D eigenvalue weighted by Gasteiger charge is -2.29. The van der Waals surface area contributed by atoms with Crippen LogP contribution in [0.1, 0.15) is 50.0 Å². The van der Waals surface area contributed by atoms with Crippen LogP contribution < -0.4 is 9.47 Å². The normalized spacial score (nSPS) is 16.7. The van der Waals surface area contributed by atoms with Crippen molar-refractivity contribution in [1.82, 2.24) is 0 Å². The quantitative estimate of drug-likeness (QED) is 0.117. The molecule has 3 rings (SSSR count). The van der Waals surface area contributed by atoms with E-state index in [1.807, 2.05) is 0 Å². The van der Waals surface area contributed by atoms with Gasteiger partial charge in [0.2, 0.25) is 13.6 Å². The van der Waals surface area contributed by atoms with Crippen LogP contribution in [0.4, 0.5) is 17.6 Å². The molecule has 0 unspecified atom stereocenters. The Hall–Kier alpha value is -3.90. The number of hydrogen-bond donors (Lipinski definition) is 2. The van der Waals surface area contributed by atoms with Gasteiger partial charge in [-0.15, -0.1) is 0 Å². The monoisotopic (exact) mass is 610 g/mol. The Morgan fingerprint density at radius 3 is 1.88 bits per heavy atom. The van der Waals surface area contributed by atoms with Gasteiger partial charge in [0.05, 0.1) is 24.4 Å². The molecule has 0 spiro atoms. The molecular formula is C31H34F4O8. The van der Waals surface area contributed by atoms with Gasteiger partial charge in [-0.25, -0.2) is 14.0 Å². The van der Waals surface area contributed by atoms with E-state index >= 15 is 4.39 Å². The Morgan fingerprint density at radius 2 is 1.35 bits per heavy atom. The summed E-state index contributed by atoms with van der Waals surface area (Å²) in [4.78, 5) is 23.5. The summed E-state index contributed by atoms with van der Waals surface area (Å²) >= 11 is 0.